The molecule has 0 aromatic rings. The standard InChI is InChI=1S/C11H23N3O2/c1-4-13-11(16)10-7-12-5-6-14(10)8(2)9(3)15/h8-10,12,15H,4-7H2,1-3H3,(H,13,16). The van der Waals surface area contributed by atoms with Gasteiger partial charge in [0.2, 0.25) is 5.91 Å². The van der Waals surface area contributed by atoms with Gasteiger partial charge in [-0.25, -0.2) is 0 Å². The molecule has 0 bridgehead atoms. The molecule has 1 aliphatic rings. The van der Waals surface area contributed by atoms with Crippen molar-refractivity contribution in [1.82, 2.24) is 15.5 Å². The summed E-state index contributed by atoms with van der Waals surface area (Å²) in [6.45, 7) is 8.61. The van der Waals surface area contributed by atoms with Crippen molar-refractivity contribution in [2.75, 3.05) is 26.2 Å². The Hall–Kier alpha value is -0.650. The third-order valence-electron chi connectivity index (χ3n) is 3.16. The van der Waals surface area contributed by atoms with Gasteiger partial charge in [-0.05, 0) is 20.8 Å². The maximum atomic E-state index is 11.9. The highest BCUT2D eigenvalue weighted by atomic mass is 16.3. The van der Waals surface area contributed by atoms with Crippen LogP contribution in [-0.2, 0) is 4.79 Å². The first-order valence-electron chi connectivity index (χ1n) is 6.00. The zero-order valence-electron chi connectivity index (χ0n) is 10.4. The second kappa shape index (κ2) is 6.18. The molecule has 16 heavy (non-hydrogen) atoms. The van der Waals surface area contributed by atoms with Crippen molar-refractivity contribution in [2.45, 2.75) is 39.0 Å². The molecular formula is C11H23N3O2. The van der Waals surface area contributed by atoms with Crippen LogP contribution in [0.4, 0.5) is 0 Å². The monoisotopic (exact) mass is 229 g/mol. The summed E-state index contributed by atoms with van der Waals surface area (Å²) in [5, 5.41) is 15.7. The van der Waals surface area contributed by atoms with E-state index in [1.54, 1.807) is 6.92 Å². The van der Waals surface area contributed by atoms with E-state index < -0.39 is 6.10 Å². The molecule has 0 aromatic carbocycles. The van der Waals surface area contributed by atoms with E-state index in [0.29, 0.717) is 13.1 Å². The van der Waals surface area contributed by atoms with Crippen LogP contribution in [-0.4, -0.2) is 60.3 Å². The van der Waals surface area contributed by atoms with E-state index in [4.69, 9.17) is 0 Å². The number of hydrogen-bond donors (Lipinski definition) is 3. The van der Waals surface area contributed by atoms with Gasteiger partial charge in [0.1, 0.15) is 6.04 Å². The van der Waals surface area contributed by atoms with E-state index in [-0.39, 0.29) is 18.0 Å². The Balaban J connectivity index is 2.66. The predicted molar refractivity (Wildman–Crippen MR) is 63.2 cm³/mol. The van der Waals surface area contributed by atoms with Gasteiger partial charge in [0.05, 0.1) is 6.10 Å². The first kappa shape index (κ1) is 13.4. The van der Waals surface area contributed by atoms with Crippen molar-refractivity contribution in [3.05, 3.63) is 0 Å². The first-order chi connectivity index (χ1) is 7.57. The van der Waals surface area contributed by atoms with E-state index in [2.05, 4.69) is 15.5 Å². The van der Waals surface area contributed by atoms with Gasteiger partial charge in [-0.2, -0.15) is 0 Å². The number of aliphatic hydroxyl groups is 1. The van der Waals surface area contributed by atoms with Crippen LogP contribution in [0.15, 0.2) is 0 Å². The molecule has 3 unspecified atom stereocenters. The largest absolute Gasteiger partial charge is 0.392 e. The lowest BCUT2D eigenvalue weighted by atomic mass is 10.1. The normalized spacial score (nSPS) is 26.1. The minimum atomic E-state index is -0.421. The second-order valence-electron chi connectivity index (χ2n) is 4.33. The number of nitrogens with zero attached hydrogens (tertiary/aromatic N) is 1. The molecule has 1 saturated heterocycles. The van der Waals surface area contributed by atoms with E-state index >= 15 is 0 Å². The van der Waals surface area contributed by atoms with Crippen molar-refractivity contribution >= 4 is 5.91 Å². The fraction of sp³-hybridized carbons (Fsp3) is 0.909. The van der Waals surface area contributed by atoms with Gasteiger partial charge in [0.15, 0.2) is 0 Å². The molecule has 0 spiro atoms. The van der Waals surface area contributed by atoms with Gasteiger partial charge < -0.3 is 15.7 Å². The minimum Gasteiger partial charge on any atom is -0.392 e. The lowest BCUT2D eigenvalue weighted by molar-refractivity contribution is -0.128. The highest BCUT2D eigenvalue weighted by molar-refractivity contribution is 5.82. The average Bonchev–Trinajstić information content (AvgIpc) is 2.28. The molecule has 0 saturated carbocycles. The van der Waals surface area contributed by atoms with Crippen molar-refractivity contribution in [1.29, 1.82) is 0 Å². The molecule has 0 radical (unpaired) electrons. The van der Waals surface area contributed by atoms with Crippen LogP contribution in [0.2, 0.25) is 0 Å². The number of amides is 1. The Morgan fingerprint density at radius 3 is 2.88 bits per heavy atom. The van der Waals surface area contributed by atoms with Gasteiger partial charge in [-0.15, -0.1) is 0 Å². The number of piperazine rings is 1. The zero-order chi connectivity index (χ0) is 12.1. The number of carbonyl (C=O) groups is 1. The first-order valence-corrected chi connectivity index (χ1v) is 6.00. The summed E-state index contributed by atoms with van der Waals surface area (Å²) < 4.78 is 0. The summed E-state index contributed by atoms with van der Waals surface area (Å²) in [7, 11) is 0. The Kier molecular flexibility index (Phi) is 5.18. The molecule has 94 valence electrons. The second-order valence-corrected chi connectivity index (χ2v) is 4.33. The summed E-state index contributed by atoms with van der Waals surface area (Å²) in [6.07, 6.45) is -0.421. The molecule has 1 amide bonds. The van der Waals surface area contributed by atoms with E-state index in [1.807, 2.05) is 13.8 Å². The van der Waals surface area contributed by atoms with Crippen molar-refractivity contribution in [3.63, 3.8) is 0 Å². The summed E-state index contributed by atoms with van der Waals surface area (Å²) >= 11 is 0. The van der Waals surface area contributed by atoms with Crippen LogP contribution >= 0.6 is 0 Å². The molecule has 5 heteroatoms. The molecule has 1 aliphatic heterocycles. The van der Waals surface area contributed by atoms with Gasteiger partial charge in [-0.1, -0.05) is 0 Å². The van der Waals surface area contributed by atoms with Crippen LogP contribution in [0.25, 0.3) is 0 Å². The Bertz CT molecular complexity index is 233. The van der Waals surface area contributed by atoms with Crippen LogP contribution in [0.5, 0.6) is 0 Å². The number of aliphatic hydroxyl groups excluding tert-OH is 1. The molecule has 0 aliphatic carbocycles. The number of hydrogen-bond acceptors (Lipinski definition) is 4. The summed E-state index contributed by atoms with van der Waals surface area (Å²) in [5.74, 6) is 0.0437. The van der Waals surface area contributed by atoms with E-state index in [1.165, 1.54) is 0 Å². The molecule has 3 N–H and O–H groups in total. The van der Waals surface area contributed by atoms with Gasteiger partial charge in [0, 0.05) is 32.2 Å². The van der Waals surface area contributed by atoms with E-state index in [9.17, 15) is 9.90 Å². The fourth-order valence-corrected chi connectivity index (χ4v) is 2.02. The third kappa shape index (κ3) is 3.17. The Labute approximate surface area is 97.2 Å². The Morgan fingerprint density at radius 2 is 2.31 bits per heavy atom. The highest BCUT2D eigenvalue weighted by Gasteiger charge is 2.32. The van der Waals surface area contributed by atoms with Crippen LogP contribution in [0.3, 0.4) is 0 Å². The molecule has 0 aromatic heterocycles. The van der Waals surface area contributed by atoms with Crippen LogP contribution in [0, 0.1) is 0 Å². The minimum absolute atomic E-state index is 0.00899. The molecule has 3 atom stereocenters. The van der Waals surface area contributed by atoms with Crippen LogP contribution < -0.4 is 10.6 Å². The number of rotatable bonds is 4. The smallest absolute Gasteiger partial charge is 0.238 e. The molecule has 1 heterocycles. The molecule has 1 rings (SSSR count). The maximum absolute atomic E-state index is 11.9. The summed E-state index contributed by atoms with van der Waals surface area (Å²) in [6, 6.07) is -0.159. The Morgan fingerprint density at radius 1 is 1.62 bits per heavy atom. The van der Waals surface area contributed by atoms with Gasteiger partial charge >= 0.3 is 0 Å². The topological polar surface area (TPSA) is 64.6 Å². The summed E-state index contributed by atoms with van der Waals surface area (Å²) in [5.41, 5.74) is 0. The zero-order valence-corrected chi connectivity index (χ0v) is 10.4. The lowest BCUT2D eigenvalue weighted by Crippen LogP contribution is -2.61. The van der Waals surface area contributed by atoms with Crippen molar-refractivity contribution in [2.24, 2.45) is 0 Å². The van der Waals surface area contributed by atoms with E-state index in [0.717, 1.165) is 13.1 Å². The highest BCUT2D eigenvalue weighted by Crippen LogP contribution is 2.11. The third-order valence-corrected chi connectivity index (χ3v) is 3.16. The molecular weight excluding hydrogens is 206 g/mol. The predicted octanol–water partition coefficient (Wildman–Crippen LogP) is -0.834. The number of nitrogens with one attached hydrogen (secondary N) is 2. The fourth-order valence-electron chi connectivity index (χ4n) is 2.02. The average molecular weight is 229 g/mol. The number of likely N-dealkylation sites (N-methyl/N-ethyl adjacent to an activating group) is 1. The number of carbonyl (C=O) groups excluding carboxylic acids is 1. The molecule has 5 nitrogen and oxygen atoms in total. The molecule has 1 fully saturated rings. The summed E-state index contributed by atoms with van der Waals surface area (Å²) in [4.78, 5) is 13.9. The van der Waals surface area contributed by atoms with Crippen molar-refractivity contribution in [3.8, 4) is 0 Å². The lowest BCUT2D eigenvalue weighted by Gasteiger charge is -2.40. The quantitative estimate of drug-likeness (QED) is 0.588. The van der Waals surface area contributed by atoms with Gasteiger partial charge in [-0.3, -0.25) is 9.69 Å². The van der Waals surface area contributed by atoms with Gasteiger partial charge in [0.25, 0.3) is 0 Å². The van der Waals surface area contributed by atoms with Crippen molar-refractivity contribution < 1.29 is 9.90 Å². The maximum Gasteiger partial charge on any atom is 0.238 e. The van der Waals surface area contributed by atoms with Crippen LogP contribution in [0.1, 0.15) is 20.8 Å². The SMILES string of the molecule is CCNC(=O)C1CNCCN1C(C)C(C)O.